The Morgan fingerprint density at radius 3 is 2.67 bits per heavy atom. The van der Waals surface area contributed by atoms with E-state index in [2.05, 4.69) is 51.0 Å². The molecule has 0 aliphatic heterocycles. The number of halogens is 2. The van der Waals surface area contributed by atoms with Crippen molar-refractivity contribution in [2.75, 3.05) is 0 Å². The summed E-state index contributed by atoms with van der Waals surface area (Å²) in [6, 6.07) is 2.10. The van der Waals surface area contributed by atoms with Gasteiger partial charge in [0.05, 0.1) is 8.66 Å². The van der Waals surface area contributed by atoms with Gasteiger partial charge < -0.3 is 5.32 Å². The van der Waals surface area contributed by atoms with Gasteiger partial charge in [-0.3, -0.25) is 4.79 Å². The number of carbonyl (C=O) groups excluding carboxylic acids is 1. The molecule has 18 heavy (non-hydrogen) atoms. The fourth-order valence-corrected chi connectivity index (χ4v) is 3.64. The standard InChI is InChI=1S/C13H19Br2NOS/c1-3-4-5-6-7-9(2)16-13(17)11-8-10(14)12(15)18-11/h8-9H,3-7H2,1-2H3,(H,16,17). The van der Waals surface area contributed by atoms with Gasteiger partial charge in [-0.05, 0) is 51.3 Å². The molecule has 5 heteroatoms. The molecule has 0 saturated heterocycles. The van der Waals surface area contributed by atoms with Crippen molar-refractivity contribution in [1.29, 1.82) is 0 Å². The number of amides is 1. The Morgan fingerprint density at radius 2 is 2.11 bits per heavy atom. The molecule has 1 unspecified atom stereocenters. The van der Waals surface area contributed by atoms with E-state index in [-0.39, 0.29) is 11.9 Å². The zero-order valence-electron chi connectivity index (χ0n) is 10.8. The molecule has 1 heterocycles. The Kier molecular flexibility index (Phi) is 7.49. The van der Waals surface area contributed by atoms with E-state index in [1.807, 2.05) is 6.07 Å². The molecule has 1 aromatic heterocycles. The molecule has 102 valence electrons. The van der Waals surface area contributed by atoms with Gasteiger partial charge in [0.25, 0.3) is 5.91 Å². The van der Waals surface area contributed by atoms with Gasteiger partial charge in [0.15, 0.2) is 0 Å². The van der Waals surface area contributed by atoms with Crippen molar-refractivity contribution in [3.63, 3.8) is 0 Å². The maximum absolute atomic E-state index is 12.0. The van der Waals surface area contributed by atoms with Gasteiger partial charge in [0, 0.05) is 10.5 Å². The fourth-order valence-electron chi connectivity index (χ4n) is 1.70. The minimum absolute atomic E-state index is 0.0226. The summed E-state index contributed by atoms with van der Waals surface area (Å²) in [7, 11) is 0. The van der Waals surface area contributed by atoms with Crippen molar-refractivity contribution in [2.24, 2.45) is 0 Å². The summed E-state index contributed by atoms with van der Waals surface area (Å²) in [4.78, 5) is 12.7. The van der Waals surface area contributed by atoms with E-state index < -0.39 is 0 Å². The van der Waals surface area contributed by atoms with Crippen LogP contribution in [0.2, 0.25) is 0 Å². The molecule has 0 saturated carbocycles. The molecule has 0 aliphatic carbocycles. The summed E-state index contributed by atoms with van der Waals surface area (Å²) >= 11 is 8.25. The minimum Gasteiger partial charge on any atom is -0.349 e. The molecule has 1 rings (SSSR count). The highest BCUT2D eigenvalue weighted by atomic mass is 79.9. The highest BCUT2D eigenvalue weighted by Crippen LogP contribution is 2.32. The monoisotopic (exact) mass is 395 g/mol. The van der Waals surface area contributed by atoms with Crippen LogP contribution in [-0.4, -0.2) is 11.9 Å². The molecule has 0 aromatic carbocycles. The number of hydrogen-bond acceptors (Lipinski definition) is 2. The van der Waals surface area contributed by atoms with Crippen molar-refractivity contribution >= 4 is 49.1 Å². The van der Waals surface area contributed by atoms with Crippen molar-refractivity contribution in [3.8, 4) is 0 Å². The van der Waals surface area contributed by atoms with Gasteiger partial charge in [-0.2, -0.15) is 0 Å². The summed E-state index contributed by atoms with van der Waals surface area (Å²) in [5.74, 6) is 0.0226. The lowest BCUT2D eigenvalue weighted by Gasteiger charge is -2.12. The van der Waals surface area contributed by atoms with Gasteiger partial charge in [-0.25, -0.2) is 0 Å². The van der Waals surface area contributed by atoms with Crippen molar-refractivity contribution in [3.05, 3.63) is 19.2 Å². The zero-order valence-corrected chi connectivity index (χ0v) is 14.8. The third-order valence-corrected chi connectivity index (χ3v) is 5.99. The third-order valence-electron chi connectivity index (χ3n) is 2.74. The van der Waals surface area contributed by atoms with Crippen molar-refractivity contribution in [1.82, 2.24) is 5.32 Å². The number of rotatable bonds is 7. The predicted molar refractivity (Wildman–Crippen MR) is 85.4 cm³/mol. The summed E-state index contributed by atoms with van der Waals surface area (Å²) < 4.78 is 1.90. The first kappa shape index (κ1) is 16.2. The Hall–Kier alpha value is 0.130. The highest BCUT2D eigenvalue weighted by molar-refractivity contribution is 9.13. The molecule has 0 spiro atoms. The quantitative estimate of drug-likeness (QED) is 0.617. The SMILES string of the molecule is CCCCCCC(C)NC(=O)c1cc(Br)c(Br)s1. The Bertz CT molecular complexity index is 373. The largest absolute Gasteiger partial charge is 0.349 e. The summed E-state index contributed by atoms with van der Waals surface area (Å²) in [6.07, 6.45) is 6.03. The number of hydrogen-bond donors (Lipinski definition) is 1. The lowest BCUT2D eigenvalue weighted by Crippen LogP contribution is -2.31. The van der Waals surface area contributed by atoms with Gasteiger partial charge >= 0.3 is 0 Å². The van der Waals surface area contributed by atoms with Gasteiger partial charge in [0.1, 0.15) is 0 Å². The first-order valence-electron chi connectivity index (χ1n) is 6.30. The summed E-state index contributed by atoms with van der Waals surface area (Å²) in [6.45, 7) is 4.28. The van der Waals surface area contributed by atoms with E-state index in [0.717, 1.165) is 19.6 Å². The van der Waals surface area contributed by atoms with E-state index in [9.17, 15) is 4.79 Å². The van der Waals surface area contributed by atoms with E-state index in [4.69, 9.17) is 0 Å². The van der Waals surface area contributed by atoms with Crippen LogP contribution < -0.4 is 5.32 Å². The second-order valence-corrected chi connectivity index (χ2v) is 7.68. The van der Waals surface area contributed by atoms with Crippen LogP contribution in [0.1, 0.15) is 55.6 Å². The number of unbranched alkanes of at least 4 members (excludes halogenated alkanes) is 3. The van der Waals surface area contributed by atoms with Crippen molar-refractivity contribution < 1.29 is 4.79 Å². The first-order chi connectivity index (χ1) is 8.54. The molecule has 1 aromatic rings. The zero-order chi connectivity index (χ0) is 13.5. The van der Waals surface area contributed by atoms with Gasteiger partial charge in [-0.15, -0.1) is 11.3 Å². The second kappa shape index (κ2) is 8.33. The van der Waals surface area contributed by atoms with E-state index in [1.165, 1.54) is 37.0 Å². The third kappa shape index (κ3) is 5.41. The lowest BCUT2D eigenvalue weighted by molar-refractivity contribution is 0.0942. The highest BCUT2D eigenvalue weighted by Gasteiger charge is 2.13. The van der Waals surface area contributed by atoms with Crippen LogP contribution in [0.25, 0.3) is 0 Å². The lowest BCUT2D eigenvalue weighted by atomic mass is 10.1. The Balaban J connectivity index is 2.35. The Morgan fingerprint density at radius 1 is 1.39 bits per heavy atom. The van der Waals surface area contributed by atoms with E-state index in [0.29, 0.717) is 0 Å². The van der Waals surface area contributed by atoms with Crippen molar-refractivity contribution in [2.45, 2.75) is 52.0 Å². The molecule has 1 amide bonds. The molecular formula is C13H19Br2NOS. The maximum Gasteiger partial charge on any atom is 0.261 e. The minimum atomic E-state index is 0.0226. The average molecular weight is 397 g/mol. The molecule has 2 nitrogen and oxygen atoms in total. The summed E-state index contributed by atoms with van der Waals surface area (Å²) in [5.41, 5.74) is 0. The van der Waals surface area contributed by atoms with Crippen LogP contribution in [0.5, 0.6) is 0 Å². The average Bonchev–Trinajstić information content (AvgIpc) is 2.65. The molecule has 0 radical (unpaired) electrons. The Labute approximate surface area is 130 Å². The molecule has 1 N–H and O–H groups in total. The van der Waals surface area contributed by atoms with Crippen LogP contribution >= 0.6 is 43.2 Å². The van der Waals surface area contributed by atoms with E-state index in [1.54, 1.807) is 0 Å². The smallest absolute Gasteiger partial charge is 0.261 e. The maximum atomic E-state index is 12.0. The second-order valence-electron chi connectivity index (χ2n) is 4.46. The topological polar surface area (TPSA) is 29.1 Å². The molecule has 1 atom stereocenters. The number of thiophene rings is 1. The molecule has 0 aliphatic rings. The van der Waals surface area contributed by atoms with Crippen LogP contribution in [0.15, 0.2) is 14.3 Å². The number of carbonyl (C=O) groups is 1. The van der Waals surface area contributed by atoms with Crippen LogP contribution in [0.4, 0.5) is 0 Å². The summed E-state index contributed by atoms with van der Waals surface area (Å²) in [5, 5.41) is 3.04. The predicted octanol–water partition coefficient (Wildman–Crippen LogP) is 5.36. The first-order valence-corrected chi connectivity index (χ1v) is 8.70. The van der Waals surface area contributed by atoms with Gasteiger partial charge in [-0.1, -0.05) is 32.6 Å². The normalized spacial score (nSPS) is 12.4. The van der Waals surface area contributed by atoms with Gasteiger partial charge in [0.2, 0.25) is 0 Å². The molecule has 0 fully saturated rings. The van der Waals surface area contributed by atoms with Crippen LogP contribution in [0, 0.1) is 0 Å². The van der Waals surface area contributed by atoms with Crippen LogP contribution in [0.3, 0.4) is 0 Å². The van der Waals surface area contributed by atoms with E-state index >= 15 is 0 Å². The van der Waals surface area contributed by atoms with Crippen LogP contribution in [-0.2, 0) is 0 Å². The molecular weight excluding hydrogens is 378 g/mol. The molecule has 0 bridgehead atoms. The fraction of sp³-hybridized carbons (Fsp3) is 0.615. The number of nitrogens with one attached hydrogen (secondary N) is 1.